The Bertz CT molecular complexity index is 32.6. The van der Waals surface area contributed by atoms with Crippen molar-refractivity contribution < 1.29 is 9.90 Å². The van der Waals surface area contributed by atoms with Crippen molar-refractivity contribution in [2.24, 2.45) is 0 Å². The van der Waals surface area contributed by atoms with Crippen LogP contribution in [0.25, 0.3) is 0 Å². The second-order valence-electron chi connectivity index (χ2n) is 0.492. The monoisotopic (exact) mass is 113 g/mol. The summed E-state index contributed by atoms with van der Waals surface area (Å²) in [6, 6.07) is 0. The van der Waals surface area contributed by atoms with Crippen molar-refractivity contribution in [1.29, 1.82) is 0 Å². The molecule has 0 aliphatic heterocycles. The molecular formula is CH2AlCaO2. The molecule has 23 valence electrons. The van der Waals surface area contributed by atoms with Crippen LogP contribution in [0.1, 0.15) is 0 Å². The third-order valence-electron chi connectivity index (χ3n) is 0. The van der Waals surface area contributed by atoms with E-state index in [1.165, 1.54) is 0 Å². The third kappa shape index (κ3) is 35.2. The van der Waals surface area contributed by atoms with Crippen LogP contribution in [-0.2, 0) is 0 Å². The molecular weight excluding hydrogens is 111 g/mol. The van der Waals surface area contributed by atoms with Crippen molar-refractivity contribution in [1.82, 2.24) is 0 Å². The van der Waals surface area contributed by atoms with Gasteiger partial charge < -0.3 is 9.90 Å². The Kier molecular flexibility index (Phi) is 10.0. The Morgan fingerprint density at radius 3 is 1.80 bits per heavy atom. The molecule has 5 heavy (non-hydrogen) atoms. The van der Waals surface area contributed by atoms with E-state index in [-0.39, 0.29) is 54.0 Å². The quantitative estimate of drug-likeness (QED) is 0.328. The molecule has 0 amide bonds. The minimum absolute atomic E-state index is 0. The summed E-state index contributed by atoms with van der Waals surface area (Å²) in [5.74, 6) is 0. The van der Waals surface area contributed by atoms with Gasteiger partial charge in [-0.3, -0.25) is 0 Å². The first-order valence-corrected chi connectivity index (χ1v) is 1.91. The Hall–Kier alpha value is 1.26. The zero-order valence-electron chi connectivity index (χ0n) is 3.02. The summed E-state index contributed by atoms with van der Waals surface area (Å²) in [4.78, 5) is 8.01. The molecule has 0 aromatic rings. The van der Waals surface area contributed by atoms with Gasteiger partial charge >= 0.3 is 37.7 Å². The maximum absolute atomic E-state index is 8.95. The third-order valence-corrected chi connectivity index (χ3v) is 0. The fraction of sp³-hybridized carbons (Fsp3) is 0. The van der Waals surface area contributed by atoms with Crippen LogP contribution in [0.4, 0.5) is 4.79 Å². The van der Waals surface area contributed by atoms with E-state index in [0.29, 0.717) is 0 Å². The molecule has 1 radical (unpaired) electrons. The van der Waals surface area contributed by atoms with E-state index in [2.05, 4.69) is 0 Å². The van der Waals surface area contributed by atoms with Gasteiger partial charge in [0, 0.05) is 0 Å². The zero-order valence-corrected chi connectivity index (χ0v) is 7.23. The SMILES string of the molecule is O=[C]([O-])[AlH2-].[Ca+2]. The average molecular weight is 113 g/mol. The summed E-state index contributed by atoms with van der Waals surface area (Å²) < 4.78 is 0. The van der Waals surface area contributed by atoms with E-state index in [4.69, 9.17) is 9.90 Å². The average Bonchev–Trinajstić information content (AvgIpc) is 0.811. The van der Waals surface area contributed by atoms with Gasteiger partial charge in [-0.2, -0.15) is 4.83 Å². The van der Waals surface area contributed by atoms with Crippen molar-refractivity contribution in [3.05, 3.63) is 0 Å². The van der Waals surface area contributed by atoms with Gasteiger partial charge in [0.15, 0.2) is 0 Å². The second kappa shape index (κ2) is 5.26. The van der Waals surface area contributed by atoms with Crippen LogP contribution < -0.4 is 5.11 Å². The largest absolute Gasteiger partial charge is 2.00 e. The molecule has 0 rings (SSSR count). The smallest absolute Gasteiger partial charge is 0.608 e. The number of hydrogen-bond donors (Lipinski definition) is 0. The second-order valence-corrected chi connectivity index (χ2v) is 1.31. The molecule has 0 fully saturated rings. The van der Waals surface area contributed by atoms with E-state index in [1.54, 1.807) is 0 Å². The van der Waals surface area contributed by atoms with Crippen LogP contribution in [-0.4, -0.2) is 58.9 Å². The first kappa shape index (κ1) is 9.55. The number of hydrogen-bond acceptors (Lipinski definition) is 2. The first-order chi connectivity index (χ1) is 1.73. The molecule has 0 saturated heterocycles. The van der Waals surface area contributed by atoms with Crippen LogP contribution in [0.3, 0.4) is 0 Å². The minimum atomic E-state index is -0.944. The number of rotatable bonds is 0. The van der Waals surface area contributed by atoms with Gasteiger partial charge in [-0.15, -0.1) is 0 Å². The first-order valence-electron chi connectivity index (χ1n) is 0.908. The van der Waals surface area contributed by atoms with Gasteiger partial charge in [0.05, 0.1) is 0 Å². The van der Waals surface area contributed by atoms with Crippen LogP contribution in [0, 0.1) is 0 Å². The maximum Gasteiger partial charge on any atom is 2.00 e. The molecule has 0 aromatic heterocycles. The summed E-state index contributed by atoms with van der Waals surface area (Å²) in [7, 11) is 0. The molecule has 0 unspecified atom stereocenters. The fourth-order valence-electron chi connectivity index (χ4n) is 0. The molecule has 0 aromatic carbocycles. The van der Waals surface area contributed by atoms with Crippen LogP contribution in [0.15, 0.2) is 0 Å². The van der Waals surface area contributed by atoms with E-state index in [0.717, 1.165) is 0 Å². The van der Waals surface area contributed by atoms with Gasteiger partial charge in [-0.1, -0.05) is 0 Å². The molecule has 0 atom stereocenters. The van der Waals surface area contributed by atoms with Crippen molar-refractivity contribution >= 4 is 58.9 Å². The van der Waals surface area contributed by atoms with Crippen LogP contribution in [0.2, 0.25) is 0 Å². The van der Waals surface area contributed by atoms with Crippen molar-refractivity contribution in [3.63, 3.8) is 0 Å². The van der Waals surface area contributed by atoms with E-state index in [9.17, 15) is 0 Å². The van der Waals surface area contributed by atoms with E-state index in [1.807, 2.05) is 0 Å². The van der Waals surface area contributed by atoms with Gasteiger partial charge in [0.25, 0.3) is 0 Å². The van der Waals surface area contributed by atoms with Crippen LogP contribution in [0.5, 0.6) is 0 Å². The molecule has 0 heterocycles. The zero-order chi connectivity index (χ0) is 3.58. The number of carboxylic acid groups (broad SMARTS) is 1. The molecule has 0 bridgehead atoms. The van der Waals surface area contributed by atoms with Gasteiger partial charge in [-0.05, 0) is 16.3 Å². The molecule has 0 aliphatic rings. The van der Waals surface area contributed by atoms with Crippen LogP contribution >= 0.6 is 0 Å². The topological polar surface area (TPSA) is 40.1 Å². The molecule has 0 aliphatic carbocycles. The molecule has 4 heteroatoms. The molecule has 0 spiro atoms. The Labute approximate surface area is 68.0 Å². The van der Waals surface area contributed by atoms with Crippen molar-refractivity contribution in [3.8, 4) is 0 Å². The molecule has 0 N–H and O–H groups in total. The maximum atomic E-state index is 8.95. The minimum Gasteiger partial charge on any atom is -0.608 e. The summed E-state index contributed by atoms with van der Waals surface area (Å²) in [5.41, 5.74) is 0. The van der Waals surface area contributed by atoms with Crippen molar-refractivity contribution in [2.45, 2.75) is 0 Å². The molecule has 2 nitrogen and oxygen atoms in total. The standard InChI is InChI=1S/CO2.Al.Ca.2H/c2-1-3;;;;/q2*-1;+2;;. The predicted molar refractivity (Wildman–Crippen MR) is 19.7 cm³/mol. The summed E-state index contributed by atoms with van der Waals surface area (Å²) in [6.45, 7) is 0. The predicted octanol–water partition coefficient (Wildman–Crippen LogP) is -2.42. The Balaban J connectivity index is 0. The summed E-state index contributed by atoms with van der Waals surface area (Å²) >= 11 is 0.154. The van der Waals surface area contributed by atoms with Gasteiger partial charge in [0.2, 0.25) is 0 Å². The Morgan fingerprint density at radius 1 is 1.80 bits per heavy atom. The number of carbonyl (C=O) groups is 1. The number of carbonyl (C=O) groups excluding carboxylic acids is 1. The molecule has 0 saturated carbocycles. The normalized spacial score (nSPS) is 5.00. The fourth-order valence-corrected chi connectivity index (χ4v) is 0. The Morgan fingerprint density at radius 2 is 1.80 bits per heavy atom. The van der Waals surface area contributed by atoms with E-state index < -0.39 is 4.83 Å². The van der Waals surface area contributed by atoms with E-state index >= 15 is 0 Å². The summed E-state index contributed by atoms with van der Waals surface area (Å²) in [6.07, 6.45) is 0. The van der Waals surface area contributed by atoms with Gasteiger partial charge in [0.1, 0.15) is 0 Å². The van der Waals surface area contributed by atoms with Gasteiger partial charge in [-0.25, -0.2) is 0 Å². The summed E-state index contributed by atoms with van der Waals surface area (Å²) in [5, 5.41) is 8.95. The van der Waals surface area contributed by atoms with Crippen molar-refractivity contribution in [2.75, 3.05) is 0 Å².